The average Bonchev–Trinajstić information content (AvgIpc) is 2.87. The van der Waals surface area contributed by atoms with Gasteiger partial charge >= 0.3 is 0 Å². The van der Waals surface area contributed by atoms with Gasteiger partial charge in [-0.25, -0.2) is 4.98 Å². The van der Waals surface area contributed by atoms with Gasteiger partial charge in [-0.15, -0.1) is 0 Å². The molecule has 2 rings (SSSR count). The highest BCUT2D eigenvalue weighted by Gasteiger charge is 2.30. The van der Waals surface area contributed by atoms with Crippen molar-refractivity contribution in [2.24, 2.45) is 0 Å². The Morgan fingerprint density at radius 1 is 1.35 bits per heavy atom. The minimum atomic E-state index is -1.02. The van der Waals surface area contributed by atoms with Crippen LogP contribution in [0.2, 0.25) is 0 Å². The third-order valence-corrected chi connectivity index (χ3v) is 3.81. The van der Waals surface area contributed by atoms with Gasteiger partial charge in [-0.2, -0.15) is 5.10 Å². The molecule has 1 atom stereocenters. The van der Waals surface area contributed by atoms with E-state index in [-0.39, 0.29) is 12.5 Å². The van der Waals surface area contributed by atoms with E-state index in [1.54, 1.807) is 15.9 Å². The highest BCUT2D eigenvalue weighted by Crippen LogP contribution is 2.22. The Balaban J connectivity index is 1.75. The van der Waals surface area contributed by atoms with Gasteiger partial charge < -0.3 is 15.1 Å². The van der Waals surface area contributed by atoms with Crippen LogP contribution in [0.4, 0.5) is 0 Å². The van der Waals surface area contributed by atoms with Crippen molar-refractivity contribution in [3.8, 4) is 0 Å². The average molecular weight is 282 g/mol. The standard InChI is InChI=1S/C13H22N4O3/c18-9-13(20)4-2-6-16(8-5-13)12(19)3-1-7-17-11-14-10-15-17/h10-11,18,20H,1-9H2/t13-/m0/s1. The van der Waals surface area contributed by atoms with Crippen LogP contribution in [0.1, 0.15) is 32.1 Å². The van der Waals surface area contributed by atoms with Crippen LogP contribution in [-0.4, -0.2) is 61.1 Å². The third-order valence-electron chi connectivity index (χ3n) is 3.81. The zero-order chi connectivity index (χ0) is 14.4. The summed E-state index contributed by atoms with van der Waals surface area (Å²) in [5.74, 6) is 0.104. The molecule has 1 aliphatic rings. The van der Waals surface area contributed by atoms with E-state index < -0.39 is 5.60 Å². The maximum atomic E-state index is 12.1. The Morgan fingerprint density at radius 3 is 2.90 bits per heavy atom. The first kappa shape index (κ1) is 14.9. The molecule has 112 valence electrons. The summed E-state index contributed by atoms with van der Waals surface area (Å²) in [5, 5.41) is 23.2. The van der Waals surface area contributed by atoms with E-state index in [4.69, 9.17) is 0 Å². The number of carbonyl (C=O) groups is 1. The van der Waals surface area contributed by atoms with Crippen LogP contribution in [0, 0.1) is 0 Å². The van der Waals surface area contributed by atoms with Crippen molar-refractivity contribution >= 4 is 5.91 Å². The number of nitrogens with zero attached hydrogens (tertiary/aromatic N) is 4. The van der Waals surface area contributed by atoms with Gasteiger partial charge in [0.1, 0.15) is 12.7 Å². The van der Waals surface area contributed by atoms with E-state index in [1.165, 1.54) is 6.33 Å². The monoisotopic (exact) mass is 282 g/mol. The zero-order valence-electron chi connectivity index (χ0n) is 11.6. The first-order chi connectivity index (χ1) is 9.63. The normalized spacial score (nSPS) is 23.6. The fourth-order valence-electron chi connectivity index (χ4n) is 2.48. The number of aliphatic hydroxyl groups excluding tert-OH is 1. The topological polar surface area (TPSA) is 91.5 Å². The number of aryl methyl sites for hydroxylation is 1. The van der Waals surface area contributed by atoms with Crippen molar-refractivity contribution in [1.29, 1.82) is 0 Å². The van der Waals surface area contributed by atoms with Crippen molar-refractivity contribution in [2.75, 3.05) is 19.7 Å². The second-order valence-electron chi connectivity index (χ2n) is 5.38. The summed E-state index contributed by atoms with van der Waals surface area (Å²) in [6, 6.07) is 0. The molecule has 0 bridgehead atoms. The number of aliphatic hydroxyl groups is 2. The minimum absolute atomic E-state index is 0.104. The van der Waals surface area contributed by atoms with Gasteiger partial charge in [-0.05, 0) is 25.7 Å². The van der Waals surface area contributed by atoms with E-state index in [1.807, 2.05) is 0 Å². The summed E-state index contributed by atoms with van der Waals surface area (Å²) < 4.78 is 1.71. The number of hydrogen-bond acceptors (Lipinski definition) is 5. The van der Waals surface area contributed by atoms with Gasteiger partial charge in [-0.1, -0.05) is 0 Å². The van der Waals surface area contributed by atoms with Gasteiger partial charge in [0.15, 0.2) is 0 Å². The Morgan fingerprint density at radius 2 is 2.20 bits per heavy atom. The summed E-state index contributed by atoms with van der Waals surface area (Å²) >= 11 is 0. The number of hydrogen-bond donors (Lipinski definition) is 2. The second kappa shape index (κ2) is 6.81. The second-order valence-corrected chi connectivity index (χ2v) is 5.38. The van der Waals surface area contributed by atoms with Gasteiger partial charge in [0.05, 0.1) is 12.2 Å². The van der Waals surface area contributed by atoms with Gasteiger partial charge in [0, 0.05) is 26.1 Å². The molecule has 7 heteroatoms. The van der Waals surface area contributed by atoms with Crippen molar-refractivity contribution in [3.05, 3.63) is 12.7 Å². The van der Waals surface area contributed by atoms with Gasteiger partial charge in [0.25, 0.3) is 0 Å². The maximum Gasteiger partial charge on any atom is 0.222 e. The molecule has 0 unspecified atom stereocenters. The van der Waals surface area contributed by atoms with Crippen LogP contribution in [0.15, 0.2) is 12.7 Å². The Kier molecular flexibility index (Phi) is 5.08. The highest BCUT2D eigenvalue weighted by molar-refractivity contribution is 5.76. The molecule has 2 N–H and O–H groups in total. The van der Waals surface area contributed by atoms with E-state index in [2.05, 4.69) is 10.1 Å². The number of carbonyl (C=O) groups excluding carboxylic acids is 1. The molecular formula is C13H22N4O3. The molecule has 0 aliphatic carbocycles. The third kappa shape index (κ3) is 4.01. The van der Waals surface area contributed by atoms with Crippen LogP contribution in [0.5, 0.6) is 0 Å². The molecule has 0 radical (unpaired) electrons. The van der Waals surface area contributed by atoms with E-state index in [9.17, 15) is 15.0 Å². The summed E-state index contributed by atoms with van der Waals surface area (Å²) in [6.07, 6.45) is 6.03. The lowest BCUT2D eigenvalue weighted by Gasteiger charge is -2.24. The molecular weight excluding hydrogens is 260 g/mol. The summed E-state index contributed by atoms with van der Waals surface area (Å²) in [7, 11) is 0. The molecule has 1 amide bonds. The van der Waals surface area contributed by atoms with Gasteiger partial charge in [0.2, 0.25) is 5.91 Å². The molecule has 1 saturated heterocycles. The number of likely N-dealkylation sites (tertiary alicyclic amines) is 1. The number of aromatic nitrogens is 3. The molecule has 1 aliphatic heterocycles. The highest BCUT2D eigenvalue weighted by atomic mass is 16.3. The van der Waals surface area contributed by atoms with Gasteiger partial charge in [-0.3, -0.25) is 9.48 Å². The van der Waals surface area contributed by atoms with Crippen LogP contribution in [-0.2, 0) is 11.3 Å². The fourth-order valence-corrected chi connectivity index (χ4v) is 2.48. The SMILES string of the molecule is O=C(CCCn1cncn1)N1CCC[C@@](O)(CO)CC1. The molecule has 0 saturated carbocycles. The van der Waals surface area contributed by atoms with E-state index in [0.29, 0.717) is 38.9 Å². The summed E-state index contributed by atoms with van der Waals surface area (Å²) in [4.78, 5) is 17.8. The molecule has 1 aromatic heterocycles. The predicted molar refractivity (Wildman–Crippen MR) is 71.7 cm³/mol. The predicted octanol–water partition coefficient (Wildman–Crippen LogP) is -0.206. The van der Waals surface area contributed by atoms with Crippen LogP contribution in [0.3, 0.4) is 0 Å². The quantitative estimate of drug-likeness (QED) is 0.780. The van der Waals surface area contributed by atoms with Crippen molar-refractivity contribution < 1.29 is 15.0 Å². The largest absolute Gasteiger partial charge is 0.393 e. The van der Waals surface area contributed by atoms with Crippen LogP contribution >= 0.6 is 0 Å². The van der Waals surface area contributed by atoms with E-state index >= 15 is 0 Å². The first-order valence-corrected chi connectivity index (χ1v) is 7.06. The smallest absolute Gasteiger partial charge is 0.222 e. The number of amides is 1. The maximum absolute atomic E-state index is 12.1. The number of rotatable bonds is 5. The lowest BCUT2D eigenvalue weighted by Crippen LogP contribution is -2.36. The minimum Gasteiger partial charge on any atom is -0.393 e. The van der Waals surface area contributed by atoms with Crippen molar-refractivity contribution in [2.45, 2.75) is 44.2 Å². The molecule has 0 aromatic carbocycles. The Hall–Kier alpha value is -1.47. The van der Waals surface area contributed by atoms with Crippen molar-refractivity contribution in [3.63, 3.8) is 0 Å². The Labute approximate surface area is 118 Å². The van der Waals surface area contributed by atoms with E-state index in [0.717, 1.165) is 12.8 Å². The lowest BCUT2D eigenvalue weighted by atomic mass is 9.96. The molecule has 1 fully saturated rings. The first-order valence-electron chi connectivity index (χ1n) is 7.06. The van der Waals surface area contributed by atoms with Crippen LogP contribution in [0.25, 0.3) is 0 Å². The Bertz CT molecular complexity index is 423. The summed E-state index contributed by atoms with van der Waals surface area (Å²) in [5.41, 5.74) is -1.02. The molecule has 20 heavy (non-hydrogen) atoms. The molecule has 7 nitrogen and oxygen atoms in total. The summed E-state index contributed by atoms with van der Waals surface area (Å²) in [6.45, 7) is 1.62. The van der Waals surface area contributed by atoms with Crippen molar-refractivity contribution in [1.82, 2.24) is 19.7 Å². The zero-order valence-corrected chi connectivity index (χ0v) is 11.6. The lowest BCUT2D eigenvalue weighted by molar-refractivity contribution is -0.131. The molecule has 2 heterocycles. The molecule has 1 aromatic rings. The van der Waals surface area contributed by atoms with Crippen LogP contribution < -0.4 is 0 Å². The fraction of sp³-hybridized carbons (Fsp3) is 0.769. The molecule has 0 spiro atoms.